The number of hydrogen-bond acceptors (Lipinski definition) is 2. The number of anilines is 1. The molecule has 0 amide bonds. The standard InChI is InChI=1S/C10H10ClNO/c1-5-7-3-4-13-10(7)9(12)6(2)8(5)11/h3-4H,12H2,1-2H3. The zero-order valence-corrected chi connectivity index (χ0v) is 8.27. The van der Waals surface area contributed by atoms with Crippen molar-refractivity contribution in [3.8, 4) is 0 Å². The Morgan fingerprint density at radius 3 is 2.69 bits per heavy atom. The first kappa shape index (κ1) is 8.45. The third-order valence-electron chi connectivity index (χ3n) is 2.38. The molecular formula is C10H10ClNO. The highest BCUT2D eigenvalue weighted by molar-refractivity contribution is 6.33. The summed E-state index contributed by atoms with van der Waals surface area (Å²) in [6.07, 6.45) is 1.63. The highest BCUT2D eigenvalue weighted by atomic mass is 35.5. The van der Waals surface area contributed by atoms with Gasteiger partial charge in [-0.1, -0.05) is 11.6 Å². The van der Waals surface area contributed by atoms with Crippen LogP contribution < -0.4 is 5.73 Å². The van der Waals surface area contributed by atoms with E-state index in [9.17, 15) is 0 Å². The molecule has 2 N–H and O–H groups in total. The van der Waals surface area contributed by atoms with Crippen LogP contribution in [0.4, 0.5) is 5.69 Å². The fourth-order valence-corrected chi connectivity index (χ4v) is 1.70. The normalized spacial score (nSPS) is 11.0. The third-order valence-corrected chi connectivity index (χ3v) is 2.94. The molecule has 3 heteroatoms. The molecule has 2 aromatic rings. The van der Waals surface area contributed by atoms with Gasteiger partial charge in [0.2, 0.25) is 0 Å². The monoisotopic (exact) mass is 195 g/mol. The summed E-state index contributed by atoms with van der Waals surface area (Å²) in [5.74, 6) is 0. The van der Waals surface area contributed by atoms with Crippen molar-refractivity contribution in [3.05, 3.63) is 28.5 Å². The molecule has 0 aliphatic carbocycles. The van der Waals surface area contributed by atoms with Crippen LogP contribution in [0.1, 0.15) is 11.1 Å². The Labute approximate surface area is 81.3 Å². The maximum absolute atomic E-state index is 6.10. The van der Waals surface area contributed by atoms with Crippen LogP contribution in [-0.2, 0) is 0 Å². The summed E-state index contributed by atoms with van der Waals surface area (Å²) in [6.45, 7) is 3.86. The highest BCUT2D eigenvalue weighted by Gasteiger charge is 2.12. The second kappa shape index (κ2) is 2.67. The number of nitrogens with two attached hydrogens (primary N) is 1. The van der Waals surface area contributed by atoms with E-state index < -0.39 is 0 Å². The van der Waals surface area contributed by atoms with E-state index in [4.69, 9.17) is 21.8 Å². The van der Waals surface area contributed by atoms with E-state index in [1.807, 2.05) is 19.9 Å². The summed E-state index contributed by atoms with van der Waals surface area (Å²) in [4.78, 5) is 0. The summed E-state index contributed by atoms with van der Waals surface area (Å²) in [5, 5.41) is 1.72. The largest absolute Gasteiger partial charge is 0.462 e. The molecule has 0 fully saturated rings. The van der Waals surface area contributed by atoms with Crippen molar-refractivity contribution in [2.75, 3.05) is 5.73 Å². The second-order valence-electron chi connectivity index (χ2n) is 3.14. The van der Waals surface area contributed by atoms with Crippen molar-refractivity contribution in [2.45, 2.75) is 13.8 Å². The SMILES string of the molecule is Cc1c(Cl)c(C)c2ccoc2c1N. The van der Waals surface area contributed by atoms with E-state index in [1.54, 1.807) is 6.26 Å². The Morgan fingerprint density at radius 1 is 1.31 bits per heavy atom. The summed E-state index contributed by atoms with van der Waals surface area (Å²) in [5.41, 5.74) is 9.14. The van der Waals surface area contributed by atoms with Crippen LogP contribution in [0.2, 0.25) is 5.02 Å². The van der Waals surface area contributed by atoms with Crippen molar-refractivity contribution in [1.82, 2.24) is 0 Å². The molecule has 1 heterocycles. The van der Waals surface area contributed by atoms with Crippen molar-refractivity contribution in [2.24, 2.45) is 0 Å². The van der Waals surface area contributed by atoms with Crippen LogP contribution in [0.3, 0.4) is 0 Å². The van der Waals surface area contributed by atoms with Gasteiger partial charge < -0.3 is 10.2 Å². The molecule has 0 bridgehead atoms. The lowest BCUT2D eigenvalue weighted by atomic mass is 10.1. The van der Waals surface area contributed by atoms with Gasteiger partial charge in [0.1, 0.15) is 0 Å². The minimum atomic E-state index is 0.635. The molecule has 1 aromatic heterocycles. The molecule has 0 spiro atoms. The molecule has 0 saturated carbocycles. The minimum Gasteiger partial charge on any atom is -0.462 e. The molecule has 0 aliphatic heterocycles. The van der Waals surface area contributed by atoms with Gasteiger partial charge in [0.25, 0.3) is 0 Å². The fraction of sp³-hybridized carbons (Fsp3) is 0.200. The Bertz CT molecular complexity index is 431. The molecule has 0 saturated heterocycles. The van der Waals surface area contributed by atoms with E-state index >= 15 is 0 Å². The lowest BCUT2D eigenvalue weighted by Crippen LogP contribution is -1.93. The van der Waals surface area contributed by atoms with E-state index in [0.717, 1.165) is 27.1 Å². The van der Waals surface area contributed by atoms with Crippen LogP contribution in [0.25, 0.3) is 11.0 Å². The Kier molecular flexibility index (Phi) is 1.74. The van der Waals surface area contributed by atoms with Crippen molar-refractivity contribution in [3.63, 3.8) is 0 Å². The third kappa shape index (κ3) is 1.02. The molecule has 68 valence electrons. The van der Waals surface area contributed by atoms with E-state index in [1.165, 1.54) is 0 Å². The molecule has 0 atom stereocenters. The maximum Gasteiger partial charge on any atom is 0.157 e. The van der Waals surface area contributed by atoms with Gasteiger partial charge in [-0.3, -0.25) is 0 Å². The van der Waals surface area contributed by atoms with Gasteiger partial charge >= 0.3 is 0 Å². The summed E-state index contributed by atoms with van der Waals surface area (Å²) in [6, 6.07) is 1.88. The number of aryl methyl sites for hydroxylation is 1. The Morgan fingerprint density at radius 2 is 2.00 bits per heavy atom. The number of halogens is 1. The van der Waals surface area contributed by atoms with Crippen LogP contribution in [0.5, 0.6) is 0 Å². The average molecular weight is 196 g/mol. The van der Waals surface area contributed by atoms with Gasteiger partial charge in [-0.05, 0) is 31.0 Å². The number of benzene rings is 1. The van der Waals surface area contributed by atoms with E-state index in [-0.39, 0.29) is 0 Å². The highest BCUT2D eigenvalue weighted by Crippen LogP contribution is 2.35. The fourth-order valence-electron chi connectivity index (χ4n) is 1.50. The van der Waals surface area contributed by atoms with Crippen molar-refractivity contribution >= 4 is 28.3 Å². The maximum atomic E-state index is 6.10. The van der Waals surface area contributed by atoms with Crippen molar-refractivity contribution in [1.29, 1.82) is 0 Å². The van der Waals surface area contributed by atoms with E-state index in [0.29, 0.717) is 5.69 Å². The quantitative estimate of drug-likeness (QED) is 0.656. The molecular weight excluding hydrogens is 186 g/mol. The Balaban J connectivity index is 3.02. The zero-order chi connectivity index (χ0) is 9.59. The molecule has 0 radical (unpaired) electrons. The molecule has 13 heavy (non-hydrogen) atoms. The molecule has 2 nitrogen and oxygen atoms in total. The number of fused-ring (bicyclic) bond motifs is 1. The lowest BCUT2D eigenvalue weighted by Gasteiger charge is -2.07. The minimum absolute atomic E-state index is 0.635. The Hall–Kier alpha value is -1.15. The van der Waals surface area contributed by atoms with Crippen LogP contribution >= 0.6 is 11.6 Å². The van der Waals surface area contributed by atoms with Gasteiger partial charge in [0.15, 0.2) is 5.58 Å². The number of furan rings is 1. The van der Waals surface area contributed by atoms with Gasteiger partial charge in [-0.15, -0.1) is 0 Å². The van der Waals surface area contributed by atoms with Gasteiger partial charge in [0, 0.05) is 10.4 Å². The molecule has 1 aromatic carbocycles. The number of hydrogen-bond donors (Lipinski definition) is 1. The van der Waals surface area contributed by atoms with Gasteiger partial charge in [0.05, 0.1) is 12.0 Å². The zero-order valence-electron chi connectivity index (χ0n) is 7.52. The number of nitrogen functional groups attached to an aromatic ring is 1. The van der Waals surface area contributed by atoms with Crippen molar-refractivity contribution < 1.29 is 4.42 Å². The predicted molar refractivity (Wildman–Crippen MR) is 55.1 cm³/mol. The molecule has 0 aliphatic rings. The summed E-state index contributed by atoms with van der Waals surface area (Å²) in [7, 11) is 0. The first-order valence-electron chi connectivity index (χ1n) is 4.04. The predicted octanol–water partition coefficient (Wildman–Crippen LogP) is 3.29. The smallest absolute Gasteiger partial charge is 0.157 e. The van der Waals surface area contributed by atoms with E-state index in [2.05, 4.69) is 0 Å². The number of rotatable bonds is 0. The second-order valence-corrected chi connectivity index (χ2v) is 3.52. The topological polar surface area (TPSA) is 39.2 Å². The molecule has 0 unspecified atom stereocenters. The molecule has 2 rings (SSSR count). The average Bonchev–Trinajstić information content (AvgIpc) is 2.59. The first-order chi connectivity index (χ1) is 6.13. The van der Waals surface area contributed by atoms with Gasteiger partial charge in [-0.25, -0.2) is 0 Å². The van der Waals surface area contributed by atoms with Gasteiger partial charge in [-0.2, -0.15) is 0 Å². The summed E-state index contributed by atoms with van der Waals surface area (Å²) < 4.78 is 5.28. The first-order valence-corrected chi connectivity index (χ1v) is 4.42. The van der Waals surface area contributed by atoms with Crippen LogP contribution in [0, 0.1) is 13.8 Å². The lowest BCUT2D eigenvalue weighted by molar-refractivity contribution is 0.617. The van der Waals surface area contributed by atoms with Crippen LogP contribution in [0.15, 0.2) is 16.7 Å². The summed E-state index contributed by atoms with van der Waals surface area (Å²) >= 11 is 6.10. The van der Waals surface area contributed by atoms with Crippen LogP contribution in [-0.4, -0.2) is 0 Å².